The first-order chi connectivity index (χ1) is 25.5. The highest BCUT2D eigenvalue weighted by Gasteiger charge is 2.71. The summed E-state index contributed by atoms with van der Waals surface area (Å²) in [6.07, 6.45) is -6.75. The number of allylic oxidation sites excluding steroid dienone is 1. The first-order valence-electron chi connectivity index (χ1n) is 20.0. The molecule has 6 unspecified atom stereocenters. The Labute approximate surface area is 316 Å². The molecular weight excluding hydrogens is 704 g/mol. The zero-order chi connectivity index (χ0) is 38.6. The lowest BCUT2D eigenvalue weighted by atomic mass is 9.46. The molecule has 0 amide bonds. The molecule has 0 aromatic rings. The van der Waals surface area contributed by atoms with E-state index in [1.54, 1.807) is 6.92 Å². The van der Waals surface area contributed by atoms with Gasteiger partial charge in [0.25, 0.3) is 0 Å². The summed E-state index contributed by atoms with van der Waals surface area (Å²) in [5.74, 6) is -0.532. The molecule has 4 heterocycles. The van der Waals surface area contributed by atoms with Crippen molar-refractivity contribution in [2.75, 3.05) is 13.2 Å². The van der Waals surface area contributed by atoms with Crippen molar-refractivity contribution < 1.29 is 68.6 Å². The Balaban J connectivity index is 1.03. The van der Waals surface area contributed by atoms with Gasteiger partial charge in [0.2, 0.25) is 0 Å². The van der Waals surface area contributed by atoms with Gasteiger partial charge in [0, 0.05) is 31.1 Å². The highest BCUT2D eigenvalue weighted by Crippen LogP contribution is 2.71. The normalized spacial score (nSPS) is 55.7. The van der Waals surface area contributed by atoms with Crippen LogP contribution in [0.5, 0.6) is 0 Å². The fourth-order valence-electron chi connectivity index (χ4n) is 12.7. The van der Waals surface area contributed by atoms with Crippen molar-refractivity contribution in [3.63, 3.8) is 0 Å². The molecule has 3 saturated carbocycles. The predicted molar refractivity (Wildman–Crippen MR) is 188 cm³/mol. The fraction of sp³-hybridized carbons (Fsp3) is 0.875. The average Bonchev–Trinajstić information content (AvgIpc) is 3.57. The largest absolute Gasteiger partial charge is 0.457 e. The summed E-state index contributed by atoms with van der Waals surface area (Å²) in [5, 5.41) is 66.1. The van der Waals surface area contributed by atoms with Gasteiger partial charge in [0.1, 0.15) is 36.6 Å². The number of rotatable bonds is 5. The van der Waals surface area contributed by atoms with Crippen LogP contribution in [0.15, 0.2) is 23.8 Å². The molecule has 14 nitrogen and oxygen atoms in total. The molecule has 8 rings (SSSR count). The van der Waals surface area contributed by atoms with Crippen LogP contribution in [0, 0.1) is 40.4 Å². The second kappa shape index (κ2) is 14.1. The van der Waals surface area contributed by atoms with E-state index in [1.807, 2.05) is 0 Å². The van der Waals surface area contributed by atoms with Crippen LogP contribution in [0.2, 0.25) is 0 Å². The van der Waals surface area contributed by atoms with Crippen molar-refractivity contribution in [2.24, 2.45) is 40.4 Å². The summed E-state index contributed by atoms with van der Waals surface area (Å²) in [6.45, 7) is 13.8. The van der Waals surface area contributed by atoms with Crippen molar-refractivity contribution in [3.05, 3.63) is 23.8 Å². The monoisotopic (exact) mass is 764 g/mol. The third-order valence-corrected chi connectivity index (χ3v) is 15.3. The standard InChI is InChI=1S/C40H60O14/c1-17-11-28(44)40(49-15-17)18(2)30-27(54-40)14-25-23-8-7-21-12-22(42)13-29(39(21,6)24(23)9-10-38(25,30)5)52-37-35(31(45)26(43)16-48-37)53-36-33(47)32(46)34(19(3)50-36)51-20(4)41/h7,18-19,22-37,42-47H,1,8-16H2,2-6H3/t18?,19-,22+,23?,24?,25?,26-,27?,28-,29+,30?,31-,32-,33+,34-,35+,36-,37-,38-,39-,40-/m0/s1. The van der Waals surface area contributed by atoms with Gasteiger partial charge in [-0.1, -0.05) is 39.0 Å². The van der Waals surface area contributed by atoms with Crippen LogP contribution in [0.1, 0.15) is 79.6 Å². The maximum absolute atomic E-state index is 11.6. The summed E-state index contributed by atoms with van der Waals surface area (Å²) >= 11 is 0. The molecule has 21 atom stereocenters. The fourth-order valence-corrected chi connectivity index (χ4v) is 12.7. The van der Waals surface area contributed by atoms with E-state index in [0.717, 1.165) is 36.8 Å². The SMILES string of the molecule is C=C1CO[C@@]2(OC3CC4C5CC=C6C[C@@H](O)C[C@@H](O[C@@H]7OC[C@H](O)[C@H](O)[C@H]7O[C@@H]7O[C@@H](C)[C@H](OC(C)=O)[C@@H](O)[C@H]7O)[C@]6(C)C5CC[C@]4(C)C3C2C)[C@@H](O)C1. The first kappa shape index (κ1) is 39.3. The number of esters is 1. The summed E-state index contributed by atoms with van der Waals surface area (Å²) < 4.78 is 43.0. The molecule has 7 fully saturated rings. The maximum Gasteiger partial charge on any atom is 0.303 e. The van der Waals surface area contributed by atoms with E-state index in [0.29, 0.717) is 37.7 Å². The quantitative estimate of drug-likeness (QED) is 0.174. The Morgan fingerprint density at radius 3 is 2.43 bits per heavy atom. The van der Waals surface area contributed by atoms with Crippen LogP contribution in [0.4, 0.5) is 0 Å². The number of carbonyl (C=O) groups excluding carboxylic acids is 1. The van der Waals surface area contributed by atoms with Crippen molar-refractivity contribution in [1.29, 1.82) is 0 Å². The molecule has 0 bridgehead atoms. The number of carbonyl (C=O) groups is 1. The second-order valence-electron chi connectivity index (χ2n) is 18.2. The van der Waals surface area contributed by atoms with E-state index in [-0.39, 0.29) is 35.9 Å². The van der Waals surface area contributed by atoms with Gasteiger partial charge in [-0.2, -0.15) is 0 Å². The lowest BCUT2D eigenvalue weighted by molar-refractivity contribution is -0.363. The summed E-state index contributed by atoms with van der Waals surface area (Å²) in [7, 11) is 0. The van der Waals surface area contributed by atoms with Crippen LogP contribution in [-0.2, 0) is 38.0 Å². The molecular formula is C40H60O14. The van der Waals surface area contributed by atoms with E-state index >= 15 is 0 Å². The summed E-state index contributed by atoms with van der Waals surface area (Å²) in [6, 6.07) is 0. The Morgan fingerprint density at radius 2 is 1.70 bits per heavy atom. The molecule has 0 radical (unpaired) electrons. The molecule has 1 spiro atoms. The summed E-state index contributed by atoms with van der Waals surface area (Å²) in [4.78, 5) is 11.6. The predicted octanol–water partition coefficient (Wildman–Crippen LogP) is 1.46. The smallest absolute Gasteiger partial charge is 0.303 e. The van der Waals surface area contributed by atoms with Crippen LogP contribution < -0.4 is 0 Å². The van der Waals surface area contributed by atoms with Gasteiger partial charge in [0.05, 0.1) is 37.6 Å². The molecule has 4 aliphatic carbocycles. The second-order valence-corrected chi connectivity index (χ2v) is 18.2. The molecule has 14 heteroatoms. The van der Waals surface area contributed by atoms with Crippen molar-refractivity contribution >= 4 is 5.97 Å². The minimum Gasteiger partial charge on any atom is -0.457 e. The maximum atomic E-state index is 11.6. The first-order valence-corrected chi connectivity index (χ1v) is 20.0. The van der Waals surface area contributed by atoms with E-state index in [4.69, 9.17) is 33.2 Å². The van der Waals surface area contributed by atoms with Crippen LogP contribution in [0.3, 0.4) is 0 Å². The van der Waals surface area contributed by atoms with Gasteiger partial charge >= 0.3 is 5.97 Å². The van der Waals surface area contributed by atoms with Crippen LogP contribution >= 0.6 is 0 Å². The minimum absolute atomic E-state index is 0.00816. The number of aliphatic hydroxyl groups is 6. The Morgan fingerprint density at radius 1 is 0.944 bits per heavy atom. The average molecular weight is 765 g/mol. The number of aliphatic hydroxyl groups excluding tert-OH is 6. The molecule has 0 aromatic heterocycles. The zero-order valence-electron chi connectivity index (χ0n) is 32.0. The highest BCUT2D eigenvalue weighted by atomic mass is 16.8. The van der Waals surface area contributed by atoms with Gasteiger partial charge in [-0.3, -0.25) is 4.79 Å². The number of hydrogen-bond acceptors (Lipinski definition) is 14. The Bertz CT molecular complexity index is 1490. The van der Waals surface area contributed by atoms with E-state index in [1.165, 1.54) is 6.92 Å². The number of hydrogen-bond donors (Lipinski definition) is 6. The van der Waals surface area contributed by atoms with E-state index in [2.05, 4.69) is 33.4 Å². The molecule has 4 aliphatic heterocycles. The number of ether oxygens (including phenoxy) is 7. The summed E-state index contributed by atoms with van der Waals surface area (Å²) in [5.41, 5.74) is 1.50. The van der Waals surface area contributed by atoms with Gasteiger partial charge in [-0.15, -0.1) is 0 Å². The molecule has 304 valence electrons. The minimum atomic E-state index is -1.66. The molecule has 54 heavy (non-hydrogen) atoms. The van der Waals surface area contributed by atoms with Gasteiger partial charge in [0.15, 0.2) is 24.5 Å². The molecule has 0 aromatic carbocycles. The van der Waals surface area contributed by atoms with Crippen LogP contribution in [0.25, 0.3) is 0 Å². The lowest BCUT2D eigenvalue weighted by Crippen LogP contribution is -2.63. The van der Waals surface area contributed by atoms with Crippen molar-refractivity contribution in [3.8, 4) is 0 Å². The number of fused-ring (bicyclic) bond motifs is 7. The third kappa shape index (κ3) is 6.00. The molecule has 4 saturated heterocycles. The van der Waals surface area contributed by atoms with E-state index < -0.39 is 90.8 Å². The van der Waals surface area contributed by atoms with E-state index in [9.17, 15) is 35.4 Å². The topological polar surface area (TPSA) is 203 Å². The Hall–Kier alpha value is -1.53. The van der Waals surface area contributed by atoms with Crippen molar-refractivity contribution in [2.45, 2.75) is 165 Å². The van der Waals surface area contributed by atoms with Gasteiger partial charge < -0.3 is 63.8 Å². The Kier molecular flexibility index (Phi) is 10.3. The molecule has 6 N–H and O–H groups in total. The zero-order valence-corrected chi connectivity index (χ0v) is 32.0. The van der Waals surface area contributed by atoms with Gasteiger partial charge in [-0.25, -0.2) is 0 Å². The van der Waals surface area contributed by atoms with Crippen LogP contribution in [-0.4, -0.2) is 135 Å². The lowest BCUT2D eigenvalue weighted by Gasteiger charge is -2.60. The third-order valence-electron chi connectivity index (χ3n) is 15.3. The van der Waals surface area contributed by atoms with Gasteiger partial charge in [-0.05, 0) is 73.7 Å². The van der Waals surface area contributed by atoms with Crippen molar-refractivity contribution in [1.82, 2.24) is 0 Å². The highest BCUT2D eigenvalue weighted by molar-refractivity contribution is 5.66. The molecule has 8 aliphatic rings.